The number of nitriles is 1. The van der Waals surface area contributed by atoms with Gasteiger partial charge in [0.1, 0.15) is 6.07 Å². The van der Waals surface area contributed by atoms with Gasteiger partial charge in [-0.25, -0.2) is 0 Å². The molecule has 0 bridgehead atoms. The molecule has 0 heterocycles. The molecule has 0 aromatic heterocycles. The van der Waals surface area contributed by atoms with Crippen LogP contribution in [0.25, 0.3) is 0 Å². The van der Waals surface area contributed by atoms with Gasteiger partial charge in [-0.05, 0) is 24.5 Å². The molecule has 21 heavy (non-hydrogen) atoms. The Bertz CT molecular complexity index is 568. The Hall–Kier alpha value is -2.35. The summed E-state index contributed by atoms with van der Waals surface area (Å²) in [5.41, 5.74) is 0.573. The van der Waals surface area contributed by atoms with E-state index in [0.29, 0.717) is 11.3 Å². The fourth-order valence-corrected chi connectivity index (χ4v) is 1.65. The summed E-state index contributed by atoms with van der Waals surface area (Å²) in [6, 6.07) is 8.64. The van der Waals surface area contributed by atoms with Crippen molar-refractivity contribution in [1.29, 1.82) is 5.26 Å². The van der Waals surface area contributed by atoms with E-state index in [2.05, 4.69) is 5.32 Å². The van der Waals surface area contributed by atoms with Crippen LogP contribution in [0.2, 0.25) is 0 Å². The first-order valence-corrected chi connectivity index (χ1v) is 6.72. The number of benzene rings is 1. The van der Waals surface area contributed by atoms with E-state index in [1.54, 1.807) is 24.3 Å². The quantitative estimate of drug-likeness (QED) is 0.864. The Morgan fingerprint density at radius 2 is 1.95 bits per heavy atom. The smallest absolute Gasteiger partial charge is 0.307 e. The molecule has 5 nitrogen and oxygen atoms in total. The molecular weight excluding hydrogens is 268 g/mol. The van der Waals surface area contributed by atoms with Crippen molar-refractivity contribution in [1.82, 2.24) is 0 Å². The first kappa shape index (κ1) is 16.7. The third-order valence-corrected chi connectivity index (χ3v) is 2.66. The van der Waals surface area contributed by atoms with Gasteiger partial charge in [0, 0.05) is 0 Å². The molecule has 0 aliphatic rings. The van der Waals surface area contributed by atoms with Crippen LogP contribution in [0.3, 0.4) is 0 Å². The molecule has 0 aliphatic carbocycles. The zero-order chi connectivity index (χ0) is 16.0. The molecule has 5 heteroatoms. The minimum atomic E-state index is -0.911. The van der Waals surface area contributed by atoms with Crippen molar-refractivity contribution in [3.8, 4) is 6.07 Å². The van der Waals surface area contributed by atoms with Gasteiger partial charge < -0.3 is 10.1 Å². The summed E-state index contributed by atoms with van der Waals surface area (Å²) < 4.78 is 5.10. The Kier molecular flexibility index (Phi) is 5.48. The Labute approximate surface area is 124 Å². The number of amides is 1. The number of anilines is 1. The summed E-state index contributed by atoms with van der Waals surface area (Å²) in [6.45, 7) is 7.26. The highest BCUT2D eigenvalue weighted by atomic mass is 16.5. The highest BCUT2D eigenvalue weighted by Crippen LogP contribution is 2.20. The number of ether oxygens (including phenoxy) is 1. The number of carbonyl (C=O) groups is 2. The van der Waals surface area contributed by atoms with Crippen molar-refractivity contribution in [3.63, 3.8) is 0 Å². The molecule has 0 spiro atoms. The van der Waals surface area contributed by atoms with Crippen LogP contribution < -0.4 is 5.32 Å². The van der Waals surface area contributed by atoms with E-state index in [-0.39, 0.29) is 11.8 Å². The maximum Gasteiger partial charge on any atom is 0.307 e. The van der Waals surface area contributed by atoms with Crippen LogP contribution in [-0.4, -0.2) is 18.0 Å². The second-order valence-electron chi connectivity index (χ2n) is 6.02. The maximum atomic E-state index is 12.0. The summed E-state index contributed by atoms with van der Waals surface area (Å²) in [6.07, 6.45) is -0.675. The molecule has 1 aromatic carbocycles. The predicted molar refractivity (Wildman–Crippen MR) is 79.4 cm³/mol. The predicted octanol–water partition coefficient (Wildman–Crippen LogP) is 2.86. The normalized spacial score (nSPS) is 12.1. The number of hydrogen-bond acceptors (Lipinski definition) is 4. The van der Waals surface area contributed by atoms with Gasteiger partial charge in [-0.1, -0.05) is 32.9 Å². The van der Waals surface area contributed by atoms with E-state index in [4.69, 9.17) is 10.00 Å². The average Bonchev–Trinajstić information content (AvgIpc) is 2.36. The molecule has 0 saturated heterocycles. The highest BCUT2D eigenvalue weighted by molar-refractivity contribution is 5.96. The average molecular weight is 288 g/mol. The van der Waals surface area contributed by atoms with Crippen molar-refractivity contribution in [2.75, 3.05) is 5.32 Å². The van der Waals surface area contributed by atoms with Gasteiger partial charge in [-0.2, -0.15) is 5.26 Å². The van der Waals surface area contributed by atoms with Gasteiger partial charge in [0.2, 0.25) is 0 Å². The molecule has 0 radical (unpaired) electrons. The van der Waals surface area contributed by atoms with Crippen LogP contribution in [-0.2, 0) is 14.3 Å². The lowest BCUT2D eigenvalue weighted by molar-refractivity contribution is -0.154. The summed E-state index contributed by atoms with van der Waals surface area (Å²) in [4.78, 5) is 23.7. The summed E-state index contributed by atoms with van der Waals surface area (Å²) in [5.74, 6) is -0.876. The first-order chi connectivity index (χ1) is 9.73. The van der Waals surface area contributed by atoms with Gasteiger partial charge in [0.25, 0.3) is 5.91 Å². The summed E-state index contributed by atoms with van der Waals surface area (Å²) >= 11 is 0. The second-order valence-corrected chi connectivity index (χ2v) is 6.02. The lowest BCUT2D eigenvalue weighted by Gasteiger charge is -2.19. The van der Waals surface area contributed by atoms with Crippen molar-refractivity contribution in [2.45, 2.75) is 40.2 Å². The summed E-state index contributed by atoms with van der Waals surface area (Å²) in [7, 11) is 0. The van der Waals surface area contributed by atoms with Crippen molar-refractivity contribution >= 4 is 17.6 Å². The Morgan fingerprint density at radius 1 is 1.33 bits per heavy atom. The number of nitrogens with zero attached hydrogens (tertiary/aromatic N) is 1. The molecule has 1 atom stereocenters. The van der Waals surface area contributed by atoms with Gasteiger partial charge >= 0.3 is 5.97 Å². The minimum Gasteiger partial charge on any atom is -0.453 e. The highest BCUT2D eigenvalue weighted by Gasteiger charge is 2.22. The van der Waals surface area contributed by atoms with Crippen LogP contribution in [0.15, 0.2) is 24.3 Å². The van der Waals surface area contributed by atoms with Gasteiger partial charge in [-0.15, -0.1) is 0 Å². The fraction of sp³-hybridized carbons (Fsp3) is 0.438. The molecule has 1 amide bonds. The van der Waals surface area contributed by atoms with E-state index in [1.807, 2.05) is 26.8 Å². The zero-order valence-corrected chi connectivity index (χ0v) is 12.8. The molecular formula is C16H20N2O3. The minimum absolute atomic E-state index is 0.194. The number of carbonyl (C=O) groups excluding carboxylic acids is 2. The van der Waals surface area contributed by atoms with Gasteiger partial charge in [-0.3, -0.25) is 9.59 Å². The van der Waals surface area contributed by atoms with Crippen LogP contribution in [0.5, 0.6) is 0 Å². The lowest BCUT2D eigenvalue weighted by Crippen LogP contribution is -2.31. The molecule has 0 fully saturated rings. The largest absolute Gasteiger partial charge is 0.453 e. The molecule has 112 valence electrons. The number of hydrogen-bond donors (Lipinski definition) is 1. The molecule has 0 saturated carbocycles. The molecule has 1 rings (SSSR count). The van der Waals surface area contributed by atoms with E-state index in [9.17, 15) is 9.59 Å². The molecule has 0 unspecified atom stereocenters. The van der Waals surface area contributed by atoms with E-state index < -0.39 is 18.0 Å². The van der Waals surface area contributed by atoms with E-state index in [1.165, 1.54) is 6.92 Å². The first-order valence-electron chi connectivity index (χ1n) is 6.72. The molecule has 1 N–H and O–H groups in total. The van der Waals surface area contributed by atoms with E-state index >= 15 is 0 Å². The Balaban J connectivity index is 2.63. The number of para-hydroxylation sites is 1. The SMILES string of the molecule is C[C@@H](OC(=O)CC(C)(C)C)C(=O)Nc1ccccc1C#N. The molecule has 1 aromatic rings. The number of esters is 1. The summed E-state index contributed by atoms with van der Waals surface area (Å²) in [5, 5.41) is 11.5. The van der Waals surface area contributed by atoms with Crippen molar-refractivity contribution < 1.29 is 14.3 Å². The fourth-order valence-electron chi connectivity index (χ4n) is 1.65. The Morgan fingerprint density at radius 3 is 2.52 bits per heavy atom. The maximum absolute atomic E-state index is 12.0. The second kappa shape index (κ2) is 6.89. The lowest BCUT2D eigenvalue weighted by atomic mass is 9.92. The monoisotopic (exact) mass is 288 g/mol. The third kappa shape index (κ3) is 5.65. The van der Waals surface area contributed by atoms with Crippen LogP contribution >= 0.6 is 0 Å². The van der Waals surface area contributed by atoms with Crippen LogP contribution in [0, 0.1) is 16.7 Å². The standard InChI is InChI=1S/C16H20N2O3/c1-11(21-14(19)9-16(2,3)4)15(20)18-13-8-6-5-7-12(13)10-17/h5-8,11H,9H2,1-4H3,(H,18,20)/t11-/m1/s1. The van der Waals surface area contributed by atoms with E-state index in [0.717, 1.165) is 0 Å². The topological polar surface area (TPSA) is 79.2 Å². The molecule has 0 aliphatic heterocycles. The van der Waals surface area contributed by atoms with Crippen molar-refractivity contribution in [3.05, 3.63) is 29.8 Å². The van der Waals surface area contributed by atoms with Crippen LogP contribution in [0.4, 0.5) is 5.69 Å². The van der Waals surface area contributed by atoms with Gasteiger partial charge in [0.05, 0.1) is 17.7 Å². The van der Waals surface area contributed by atoms with Gasteiger partial charge in [0.15, 0.2) is 6.10 Å². The van der Waals surface area contributed by atoms with Crippen molar-refractivity contribution in [2.24, 2.45) is 5.41 Å². The number of rotatable bonds is 4. The number of nitrogens with one attached hydrogen (secondary N) is 1. The van der Waals surface area contributed by atoms with Crippen LogP contribution in [0.1, 0.15) is 39.7 Å². The third-order valence-electron chi connectivity index (χ3n) is 2.66. The zero-order valence-electron chi connectivity index (χ0n) is 12.8.